The van der Waals surface area contributed by atoms with Gasteiger partial charge in [0.15, 0.2) is 0 Å². The molecular formula is C17H18N2OS. The highest BCUT2D eigenvalue weighted by Crippen LogP contribution is 2.29. The Morgan fingerprint density at radius 2 is 1.90 bits per heavy atom. The number of thiazole rings is 1. The van der Waals surface area contributed by atoms with Gasteiger partial charge in [0.05, 0.1) is 21.8 Å². The monoisotopic (exact) mass is 298 g/mol. The van der Waals surface area contributed by atoms with Gasteiger partial charge in [0.25, 0.3) is 0 Å². The summed E-state index contributed by atoms with van der Waals surface area (Å²) in [5.74, 6) is 0.869. The third kappa shape index (κ3) is 3.06. The van der Waals surface area contributed by atoms with Crippen molar-refractivity contribution in [2.75, 3.05) is 6.61 Å². The Labute approximate surface area is 128 Å². The number of fused-ring (bicyclic) bond motifs is 1. The van der Waals surface area contributed by atoms with E-state index in [-0.39, 0.29) is 6.04 Å². The number of aromatic nitrogens is 1. The van der Waals surface area contributed by atoms with Gasteiger partial charge < -0.3 is 10.5 Å². The van der Waals surface area contributed by atoms with Gasteiger partial charge in [0, 0.05) is 18.0 Å². The molecule has 0 bridgehead atoms. The zero-order valence-electron chi connectivity index (χ0n) is 12.0. The molecule has 108 valence electrons. The van der Waals surface area contributed by atoms with Crippen LogP contribution in [0.2, 0.25) is 0 Å². The number of hydrogen-bond acceptors (Lipinski definition) is 4. The van der Waals surface area contributed by atoms with E-state index in [0.717, 1.165) is 28.3 Å². The lowest BCUT2D eigenvalue weighted by Crippen LogP contribution is -2.14. The molecule has 0 amide bonds. The summed E-state index contributed by atoms with van der Waals surface area (Å²) >= 11 is 1.71. The van der Waals surface area contributed by atoms with Crippen molar-refractivity contribution in [1.82, 2.24) is 4.98 Å². The number of nitrogens with zero attached hydrogens (tertiary/aromatic N) is 1. The van der Waals surface area contributed by atoms with Crippen LogP contribution in [-0.4, -0.2) is 11.6 Å². The highest BCUT2D eigenvalue weighted by Gasteiger charge is 2.14. The number of hydrogen-bond donors (Lipinski definition) is 1. The van der Waals surface area contributed by atoms with Crippen LogP contribution in [0.1, 0.15) is 23.5 Å². The zero-order valence-corrected chi connectivity index (χ0v) is 12.8. The molecule has 0 aliphatic rings. The summed E-state index contributed by atoms with van der Waals surface area (Å²) in [6, 6.07) is 16.0. The van der Waals surface area contributed by atoms with Gasteiger partial charge in [-0.15, -0.1) is 11.3 Å². The van der Waals surface area contributed by atoms with Crippen LogP contribution in [0.5, 0.6) is 5.75 Å². The first-order valence-electron chi connectivity index (χ1n) is 7.09. The number of nitrogens with two attached hydrogens (primary N) is 1. The Kier molecular flexibility index (Phi) is 4.18. The second-order valence-corrected chi connectivity index (χ2v) is 5.97. The van der Waals surface area contributed by atoms with Crippen LogP contribution in [0.25, 0.3) is 10.2 Å². The Hall–Kier alpha value is -1.91. The molecule has 0 saturated carbocycles. The van der Waals surface area contributed by atoms with Gasteiger partial charge in [0.2, 0.25) is 0 Å². The number of ether oxygens (including phenoxy) is 1. The standard InChI is InChI=1S/C17H18N2OS/c1-2-20-15-9-5-3-7-12(15)13(18)11-17-19-14-8-4-6-10-16(14)21-17/h3-10,13H,2,11,18H2,1H3. The van der Waals surface area contributed by atoms with E-state index < -0.39 is 0 Å². The van der Waals surface area contributed by atoms with Crippen molar-refractivity contribution in [3.63, 3.8) is 0 Å². The van der Waals surface area contributed by atoms with Crippen LogP contribution >= 0.6 is 11.3 Å². The normalized spacial score (nSPS) is 12.5. The van der Waals surface area contributed by atoms with Crippen molar-refractivity contribution < 1.29 is 4.74 Å². The van der Waals surface area contributed by atoms with E-state index in [1.807, 2.05) is 49.4 Å². The fourth-order valence-corrected chi connectivity index (χ4v) is 3.40. The molecule has 0 radical (unpaired) electrons. The average Bonchev–Trinajstić information content (AvgIpc) is 2.90. The second kappa shape index (κ2) is 6.24. The SMILES string of the molecule is CCOc1ccccc1C(N)Cc1nc2ccccc2s1. The van der Waals surface area contributed by atoms with Gasteiger partial charge in [-0.25, -0.2) is 4.98 Å². The van der Waals surface area contributed by atoms with Crippen molar-refractivity contribution in [1.29, 1.82) is 0 Å². The van der Waals surface area contributed by atoms with Crippen molar-refractivity contribution in [3.8, 4) is 5.75 Å². The van der Waals surface area contributed by atoms with Crippen LogP contribution in [0, 0.1) is 0 Å². The molecule has 1 aromatic heterocycles. The number of para-hydroxylation sites is 2. The molecule has 0 aliphatic carbocycles. The topological polar surface area (TPSA) is 48.1 Å². The van der Waals surface area contributed by atoms with Gasteiger partial charge in [-0.3, -0.25) is 0 Å². The summed E-state index contributed by atoms with van der Waals surface area (Å²) in [7, 11) is 0. The maximum Gasteiger partial charge on any atom is 0.124 e. The fraction of sp³-hybridized carbons (Fsp3) is 0.235. The summed E-state index contributed by atoms with van der Waals surface area (Å²) in [6.45, 7) is 2.63. The quantitative estimate of drug-likeness (QED) is 0.776. The largest absolute Gasteiger partial charge is 0.494 e. The minimum absolute atomic E-state index is 0.103. The van der Waals surface area contributed by atoms with Crippen LogP contribution in [0.4, 0.5) is 0 Å². The highest BCUT2D eigenvalue weighted by molar-refractivity contribution is 7.18. The van der Waals surface area contributed by atoms with E-state index >= 15 is 0 Å². The summed E-state index contributed by atoms with van der Waals surface area (Å²) < 4.78 is 6.86. The number of rotatable bonds is 5. The smallest absolute Gasteiger partial charge is 0.124 e. The van der Waals surface area contributed by atoms with E-state index in [2.05, 4.69) is 11.1 Å². The first-order chi connectivity index (χ1) is 10.3. The van der Waals surface area contributed by atoms with Crippen LogP contribution in [-0.2, 0) is 6.42 Å². The van der Waals surface area contributed by atoms with E-state index in [0.29, 0.717) is 6.61 Å². The molecule has 3 nitrogen and oxygen atoms in total. The highest BCUT2D eigenvalue weighted by atomic mass is 32.1. The lowest BCUT2D eigenvalue weighted by molar-refractivity contribution is 0.334. The van der Waals surface area contributed by atoms with E-state index in [9.17, 15) is 0 Å². The molecule has 0 aliphatic heterocycles. The van der Waals surface area contributed by atoms with Gasteiger partial charge in [-0.1, -0.05) is 30.3 Å². The summed E-state index contributed by atoms with van der Waals surface area (Å²) in [4.78, 5) is 4.65. The molecule has 0 saturated heterocycles. The molecule has 2 N–H and O–H groups in total. The molecular weight excluding hydrogens is 280 g/mol. The van der Waals surface area contributed by atoms with Gasteiger partial charge >= 0.3 is 0 Å². The molecule has 21 heavy (non-hydrogen) atoms. The second-order valence-electron chi connectivity index (χ2n) is 4.86. The van der Waals surface area contributed by atoms with Gasteiger partial charge in [-0.05, 0) is 25.1 Å². The van der Waals surface area contributed by atoms with Crippen molar-refractivity contribution >= 4 is 21.6 Å². The van der Waals surface area contributed by atoms with Crippen molar-refractivity contribution in [2.45, 2.75) is 19.4 Å². The Balaban J connectivity index is 1.84. The molecule has 2 aromatic carbocycles. The summed E-state index contributed by atoms with van der Waals surface area (Å²) in [5, 5.41) is 1.06. The maximum absolute atomic E-state index is 6.37. The minimum Gasteiger partial charge on any atom is -0.494 e. The van der Waals surface area contributed by atoms with Crippen LogP contribution in [0.3, 0.4) is 0 Å². The Morgan fingerprint density at radius 1 is 1.14 bits per heavy atom. The predicted molar refractivity (Wildman–Crippen MR) is 87.9 cm³/mol. The maximum atomic E-state index is 6.37. The summed E-state index contributed by atoms with van der Waals surface area (Å²) in [5.41, 5.74) is 8.45. The lowest BCUT2D eigenvalue weighted by atomic mass is 10.0. The molecule has 3 aromatic rings. The first-order valence-corrected chi connectivity index (χ1v) is 7.91. The molecule has 1 unspecified atom stereocenters. The molecule has 1 atom stereocenters. The number of benzene rings is 2. The van der Waals surface area contributed by atoms with E-state index in [1.54, 1.807) is 11.3 Å². The van der Waals surface area contributed by atoms with E-state index in [1.165, 1.54) is 4.70 Å². The minimum atomic E-state index is -0.103. The zero-order chi connectivity index (χ0) is 14.7. The van der Waals surface area contributed by atoms with Crippen molar-refractivity contribution in [2.24, 2.45) is 5.73 Å². The van der Waals surface area contributed by atoms with E-state index in [4.69, 9.17) is 10.5 Å². The molecule has 4 heteroatoms. The third-order valence-electron chi connectivity index (χ3n) is 3.35. The Bertz CT molecular complexity index is 705. The summed E-state index contributed by atoms with van der Waals surface area (Å²) in [6.07, 6.45) is 0.726. The average molecular weight is 298 g/mol. The first kappa shape index (κ1) is 14.0. The molecule has 1 heterocycles. The molecule has 0 fully saturated rings. The van der Waals surface area contributed by atoms with Crippen LogP contribution in [0.15, 0.2) is 48.5 Å². The fourth-order valence-electron chi connectivity index (χ4n) is 2.38. The van der Waals surface area contributed by atoms with Gasteiger partial charge in [0.1, 0.15) is 5.75 Å². The van der Waals surface area contributed by atoms with Crippen molar-refractivity contribution in [3.05, 3.63) is 59.1 Å². The Morgan fingerprint density at radius 3 is 2.71 bits per heavy atom. The molecule has 0 spiro atoms. The molecule has 3 rings (SSSR count). The van der Waals surface area contributed by atoms with Crippen LogP contribution < -0.4 is 10.5 Å². The predicted octanol–water partition coefficient (Wildman–Crippen LogP) is 3.94. The lowest BCUT2D eigenvalue weighted by Gasteiger charge is -2.15. The van der Waals surface area contributed by atoms with Gasteiger partial charge in [-0.2, -0.15) is 0 Å². The third-order valence-corrected chi connectivity index (χ3v) is 4.41.